The molecule has 0 radical (unpaired) electrons. The second-order valence-electron chi connectivity index (χ2n) is 4.12. The first-order valence-electron chi connectivity index (χ1n) is 5.82. The Labute approximate surface area is 118 Å². The van der Waals surface area contributed by atoms with Gasteiger partial charge in [-0.05, 0) is 12.1 Å². The zero-order chi connectivity index (χ0) is 15.4. The lowest BCUT2D eigenvalue weighted by molar-refractivity contribution is -0.385. The van der Waals surface area contributed by atoms with Crippen LogP contribution in [0.5, 0.6) is 0 Å². The van der Waals surface area contributed by atoms with Crippen LogP contribution in [0.25, 0.3) is 0 Å². The van der Waals surface area contributed by atoms with Gasteiger partial charge in [-0.25, -0.2) is 5.84 Å². The predicted octanol–water partition coefficient (Wildman–Crippen LogP) is -0.197. The highest BCUT2D eigenvalue weighted by Crippen LogP contribution is 2.08. The Balaban J connectivity index is 2.26. The summed E-state index contributed by atoms with van der Waals surface area (Å²) >= 11 is 0. The highest BCUT2D eigenvalue weighted by atomic mass is 16.6. The van der Waals surface area contributed by atoms with Gasteiger partial charge in [-0.1, -0.05) is 0 Å². The predicted molar refractivity (Wildman–Crippen MR) is 72.3 cm³/mol. The van der Waals surface area contributed by atoms with Gasteiger partial charge in [0.05, 0.1) is 28.9 Å². The van der Waals surface area contributed by atoms with E-state index in [1.165, 1.54) is 22.9 Å². The summed E-state index contributed by atoms with van der Waals surface area (Å²) in [4.78, 5) is 37.0. The number of nitrogens with zero attached hydrogens (tertiary/aromatic N) is 3. The summed E-state index contributed by atoms with van der Waals surface area (Å²) in [6.07, 6.45) is 2.45. The number of rotatable bonds is 4. The van der Waals surface area contributed by atoms with Gasteiger partial charge in [-0.3, -0.25) is 30.1 Å². The maximum atomic E-state index is 11.7. The van der Waals surface area contributed by atoms with E-state index in [0.29, 0.717) is 5.69 Å². The molecule has 0 aliphatic heterocycles. The minimum atomic E-state index is -0.585. The Morgan fingerprint density at radius 3 is 2.71 bits per heavy atom. The topological polar surface area (TPSA) is 133 Å². The molecule has 0 atom stereocenters. The van der Waals surface area contributed by atoms with Crippen LogP contribution >= 0.6 is 0 Å². The summed E-state index contributed by atoms with van der Waals surface area (Å²) in [5.41, 5.74) is 2.15. The molecule has 0 saturated carbocycles. The van der Waals surface area contributed by atoms with E-state index in [0.717, 1.165) is 18.3 Å². The average Bonchev–Trinajstić information content (AvgIpc) is 2.49. The van der Waals surface area contributed by atoms with Crippen molar-refractivity contribution in [3.63, 3.8) is 0 Å². The normalized spacial score (nSPS) is 10.1. The lowest BCUT2D eigenvalue weighted by Crippen LogP contribution is -2.30. The van der Waals surface area contributed by atoms with E-state index in [1.807, 2.05) is 5.43 Å². The van der Waals surface area contributed by atoms with Gasteiger partial charge in [0, 0.05) is 18.3 Å². The molecule has 0 bridgehead atoms. The van der Waals surface area contributed by atoms with Gasteiger partial charge in [-0.2, -0.15) is 0 Å². The maximum Gasteiger partial charge on any atom is 0.285 e. The summed E-state index contributed by atoms with van der Waals surface area (Å²) in [6, 6.07) is 5.29. The minimum Gasteiger partial charge on any atom is -0.303 e. The standard InChI is InChI=1S/C12H11N5O4/c13-15-12(19)8-1-2-9(14-5-8)6-16-7-10(17(20)21)3-4-11(16)18/h1-5,7H,6,13H2,(H,15,19). The number of aromatic nitrogens is 2. The molecule has 1 amide bonds. The van der Waals surface area contributed by atoms with Crippen molar-refractivity contribution < 1.29 is 9.72 Å². The van der Waals surface area contributed by atoms with E-state index in [4.69, 9.17) is 5.84 Å². The zero-order valence-corrected chi connectivity index (χ0v) is 10.7. The van der Waals surface area contributed by atoms with Crippen LogP contribution in [0.2, 0.25) is 0 Å². The van der Waals surface area contributed by atoms with Crippen LogP contribution < -0.4 is 16.8 Å². The molecular weight excluding hydrogens is 278 g/mol. The SMILES string of the molecule is NNC(=O)c1ccc(Cn2cc([N+](=O)[O-])ccc2=O)nc1. The van der Waals surface area contributed by atoms with Gasteiger partial charge >= 0.3 is 0 Å². The molecule has 0 unspecified atom stereocenters. The summed E-state index contributed by atoms with van der Waals surface area (Å²) < 4.78 is 1.17. The van der Waals surface area contributed by atoms with Crippen molar-refractivity contribution in [2.45, 2.75) is 6.54 Å². The van der Waals surface area contributed by atoms with Crippen molar-refractivity contribution >= 4 is 11.6 Å². The van der Waals surface area contributed by atoms with Gasteiger partial charge in [0.25, 0.3) is 17.2 Å². The molecule has 0 saturated heterocycles. The molecular formula is C12H11N5O4. The summed E-state index contributed by atoms with van der Waals surface area (Å²) in [5, 5.41) is 10.7. The fourth-order valence-electron chi connectivity index (χ4n) is 1.66. The molecule has 2 rings (SSSR count). The zero-order valence-electron chi connectivity index (χ0n) is 10.7. The van der Waals surface area contributed by atoms with Crippen molar-refractivity contribution in [1.29, 1.82) is 0 Å². The Kier molecular flexibility index (Phi) is 4.05. The number of nitro groups is 1. The van der Waals surface area contributed by atoms with E-state index >= 15 is 0 Å². The minimum absolute atomic E-state index is 0.0606. The van der Waals surface area contributed by atoms with Crippen LogP contribution in [-0.4, -0.2) is 20.4 Å². The van der Waals surface area contributed by atoms with E-state index in [2.05, 4.69) is 4.98 Å². The van der Waals surface area contributed by atoms with Gasteiger partial charge in [0.2, 0.25) is 0 Å². The van der Waals surface area contributed by atoms with Crippen LogP contribution in [0.1, 0.15) is 16.1 Å². The first-order valence-corrected chi connectivity index (χ1v) is 5.82. The van der Waals surface area contributed by atoms with Crippen molar-refractivity contribution in [2.75, 3.05) is 0 Å². The number of hydrazine groups is 1. The third-order valence-electron chi connectivity index (χ3n) is 2.73. The van der Waals surface area contributed by atoms with E-state index in [9.17, 15) is 19.7 Å². The number of nitrogen functional groups attached to an aromatic ring is 1. The Morgan fingerprint density at radius 2 is 2.14 bits per heavy atom. The van der Waals surface area contributed by atoms with E-state index in [-0.39, 0.29) is 23.4 Å². The van der Waals surface area contributed by atoms with Crippen molar-refractivity contribution in [3.8, 4) is 0 Å². The second-order valence-corrected chi connectivity index (χ2v) is 4.12. The number of hydrogen-bond acceptors (Lipinski definition) is 6. The maximum absolute atomic E-state index is 11.7. The number of hydrogen-bond donors (Lipinski definition) is 2. The van der Waals surface area contributed by atoms with Crippen LogP contribution in [0.3, 0.4) is 0 Å². The summed E-state index contributed by atoms with van der Waals surface area (Å²) in [7, 11) is 0. The molecule has 9 heteroatoms. The molecule has 9 nitrogen and oxygen atoms in total. The molecule has 0 aliphatic rings. The average molecular weight is 289 g/mol. The number of nitrogens with one attached hydrogen (secondary N) is 1. The third kappa shape index (κ3) is 3.28. The summed E-state index contributed by atoms with van der Waals surface area (Å²) in [5.74, 6) is 4.51. The third-order valence-corrected chi connectivity index (χ3v) is 2.73. The lowest BCUT2D eigenvalue weighted by atomic mass is 10.2. The van der Waals surface area contributed by atoms with Crippen LogP contribution in [0, 0.1) is 10.1 Å². The van der Waals surface area contributed by atoms with Gasteiger partial charge < -0.3 is 4.57 Å². The van der Waals surface area contributed by atoms with Crippen molar-refractivity contribution in [2.24, 2.45) is 5.84 Å². The Hall–Kier alpha value is -3.07. The van der Waals surface area contributed by atoms with Gasteiger partial charge in [-0.15, -0.1) is 0 Å². The van der Waals surface area contributed by atoms with Crippen LogP contribution in [-0.2, 0) is 6.54 Å². The lowest BCUT2D eigenvalue weighted by Gasteiger charge is -2.05. The summed E-state index contributed by atoms with van der Waals surface area (Å²) in [6.45, 7) is 0.0606. The fraction of sp³-hybridized carbons (Fsp3) is 0.0833. The first-order chi connectivity index (χ1) is 10.0. The number of carbonyl (C=O) groups excluding carboxylic acids is 1. The van der Waals surface area contributed by atoms with Crippen LogP contribution in [0.4, 0.5) is 5.69 Å². The monoisotopic (exact) mass is 289 g/mol. The molecule has 21 heavy (non-hydrogen) atoms. The van der Waals surface area contributed by atoms with Crippen LogP contribution in [0.15, 0.2) is 41.5 Å². The number of amides is 1. The number of nitrogens with two attached hydrogens (primary N) is 1. The molecule has 108 valence electrons. The molecule has 3 N–H and O–H groups in total. The highest BCUT2D eigenvalue weighted by molar-refractivity contribution is 5.93. The molecule has 0 fully saturated rings. The van der Waals surface area contributed by atoms with E-state index in [1.54, 1.807) is 0 Å². The Bertz CT molecular complexity index is 738. The number of pyridine rings is 2. The molecule has 0 aromatic carbocycles. The molecule has 0 spiro atoms. The molecule has 2 aromatic rings. The largest absolute Gasteiger partial charge is 0.303 e. The second kappa shape index (κ2) is 5.92. The smallest absolute Gasteiger partial charge is 0.285 e. The Morgan fingerprint density at radius 1 is 1.38 bits per heavy atom. The fourth-order valence-corrected chi connectivity index (χ4v) is 1.66. The van der Waals surface area contributed by atoms with E-state index < -0.39 is 10.8 Å². The van der Waals surface area contributed by atoms with Crippen molar-refractivity contribution in [1.82, 2.24) is 15.0 Å². The molecule has 2 aromatic heterocycles. The molecule has 0 aliphatic carbocycles. The van der Waals surface area contributed by atoms with Gasteiger partial charge in [0.1, 0.15) is 0 Å². The highest BCUT2D eigenvalue weighted by Gasteiger charge is 2.09. The molecule has 2 heterocycles. The first kappa shape index (κ1) is 14.3. The number of carbonyl (C=O) groups is 1. The van der Waals surface area contributed by atoms with Crippen molar-refractivity contribution in [3.05, 3.63) is 68.4 Å². The van der Waals surface area contributed by atoms with Gasteiger partial charge in [0.15, 0.2) is 0 Å². The quantitative estimate of drug-likeness (QED) is 0.346.